The van der Waals surface area contributed by atoms with Crippen molar-refractivity contribution in [1.82, 2.24) is 4.90 Å². The van der Waals surface area contributed by atoms with Gasteiger partial charge in [0, 0.05) is 18.7 Å². The maximum atomic E-state index is 12.1. The molecule has 0 spiro atoms. The smallest absolute Gasteiger partial charge is 0.254 e. The van der Waals surface area contributed by atoms with Crippen LogP contribution in [-0.4, -0.2) is 47.3 Å². The number of hydrogen-bond acceptors (Lipinski definition) is 4. The van der Waals surface area contributed by atoms with Crippen molar-refractivity contribution >= 4 is 34.8 Å². The summed E-state index contributed by atoms with van der Waals surface area (Å²) in [5.74, 6) is -0.373. The van der Waals surface area contributed by atoms with Crippen LogP contribution in [0.25, 0.3) is 0 Å². The van der Waals surface area contributed by atoms with Gasteiger partial charge in [0.2, 0.25) is 0 Å². The van der Waals surface area contributed by atoms with Crippen molar-refractivity contribution in [1.29, 1.82) is 0 Å². The van der Waals surface area contributed by atoms with Gasteiger partial charge in [-0.05, 0) is 12.1 Å². The lowest BCUT2D eigenvalue weighted by molar-refractivity contribution is 0.0685. The van der Waals surface area contributed by atoms with Gasteiger partial charge in [0.25, 0.3) is 5.91 Å². The zero-order valence-corrected chi connectivity index (χ0v) is 11.1. The van der Waals surface area contributed by atoms with Gasteiger partial charge in [-0.2, -0.15) is 0 Å². The topological polar surface area (TPSA) is 86.8 Å². The predicted octanol–water partition coefficient (Wildman–Crippen LogP) is 1.00. The Balaban J connectivity index is 3.01. The summed E-state index contributed by atoms with van der Waals surface area (Å²) in [6.45, 7) is -0.137. The molecule has 1 aromatic carbocycles. The Bertz CT molecular complexity index is 411. The predicted molar refractivity (Wildman–Crippen MR) is 70.9 cm³/mol. The van der Waals surface area contributed by atoms with Crippen LogP contribution in [0, 0.1) is 0 Å². The number of halogens is 2. The molecule has 100 valence electrons. The summed E-state index contributed by atoms with van der Waals surface area (Å²) >= 11 is 11.7. The number of amides is 1. The first-order valence-electron chi connectivity index (χ1n) is 5.26. The second kappa shape index (κ2) is 6.80. The minimum absolute atomic E-state index is 0.124. The average Bonchev–Trinajstić information content (AvgIpc) is 2.34. The molecule has 0 unspecified atom stereocenters. The van der Waals surface area contributed by atoms with Gasteiger partial charge in [-0.1, -0.05) is 23.2 Å². The number of hydrogen-bond donors (Lipinski definition) is 3. The van der Waals surface area contributed by atoms with Crippen molar-refractivity contribution in [2.75, 3.05) is 32.0 Å². The van der Waals surface area contributed by atoms with Crippen LogP contribution in [0.5, 0.6) is 0 Å². The molecule has 1 rings (SSSR count). The van der Waals surface area contributed by atoms with E-state index >= 15 is 0 Å². The van der Waals surface area contributed by atoms with E-state index in [4.69, 9.17) is 39.1 Å². The SMILES string of the molecule is Nc1c(Cl)cc(C(=O)N(CCO)CCO)cc1Cl. The molecule has 0 saturated carbocycles. The van der Waals surface area contributed by atoms with Crippen molar-refractivity contribution in [2.24, 2.45) is 0 Å². The molecule has 18 heavy (non-hydrogen) atoms. The number of aliphatic hydroxyl groups excluding tert-OH is 2. The molecule has 5 nitrogen and oxygen atoms in total. The standard InChI is InChI=1S/C11H14Cl2N2O3/c12-8-5-7(6-9(13)10(8)14)11(18)15(1-3-16)2-4-17/h5-6,16-17H,1-4,14H2. The van der Waals surface area contributed by atoms with Crippen LogP contribution in [0.2, 0.25) is 10.0 Å². The summed E-state index contributed by atoms with van der Waals surface area (Å²) in [6.07, 6.45) is 0. The highest BCUT2D eigenvalue weighted by Gasteiger charge is 2.17. The van der Waals surface area contributed by atoms with Gasteiger partial charge in [0.05, 0.1) is 28.9 Å². The first-order chi connectivity index (χ1) is 8.51. The number of anilines is 1. The molecule has 0 fully saturated rings. The lowest BCUT2D eigenvalue weighted by Crippen LogP contribution is -2.35. The summed E-state index contributed by atoms with van der Waals surface area (Å²) < 4.78 is 0. The average molecular weight is 293 g/mol. The number of aliphatic hydroxyl groups is 2. The maximum Gasteiger partial charge on any atom is 0.254 e. The molecule has 1 aromatic rings. The molecule has 0 saturated heterocycles. The molecule has 0 atom stereocenters. The first-order valence-corrected chi connectivity index (χ1v) is 6.02. The van der Waals surface area contributed by atoms with E-state index in [0.29, 0.717) is 0 Å². The Morgan fingerprint density at radius 1 is 1.17 bits per heavy atom. The second-order valence-electron chi connectivity index (χ2n) is 3.59. The monoisotopic (exact) mass is 292 g/mol. The van der Waals surface area contributed by atoms with Gasteiger partial charge < -0.3 is 20.8 Å². The quantitative estimate of drug-likeness (QED) is 0.707. The normalized spacial score (nSPS) is 10.4. The molecule has 0 aliphatic heterocycles. The Kier molecular flexibility index (Phi) is 5.68. The largest absolute Gasteiger partial charge is 0.396 e. The number of carbonyl (C=O) groups excluding carboxylic acids is 1. The van der Waals surface area contributed by atoms with Crippen LogP contribution in [0.15, 0.2) is 12.1 Å². The molecule has 1 amide bonds. The molecule has 0 aromatic heterocycles. The van der Waals surface area contributed by atoms with Crippen LogP contribution in [0.1, 0.15) is 10.4 Å². The molecule has 0 aliphatic carbocycles. The number of rotatable bonds is 5. The summed E-state index contributed by atoms with van der Waals surface area (Å²) in [5, 5.41) is 18.1. The molecule has 0 heterocycles. The van der Waals surface area contributed by atoms with E-state index in [1.54, 1.807) is 0 Å². The Morgan fingerprint density at radius 2 is 1.61 bits per heavy atom. The number of benzene rings is 1. The third-order valence-electron chi connectivity index (χ3n) is 2.35. The fourth-order valence-electron chi connectivity index (χ4n) is 1.45. The van der Waals surface area contributed by atoms with Gasteiger partial charge in [-0.15, -0.1) is 0 Å². The van der Waals surface area contributed by atoms with E-state index in [9.17, 15) is 4.79 Å². The minimum Gasteiger partial charge on any atom is -0.396 e. The molecular weight excluding hydrogens is 279 g/mol. The van der Waals surface area contributed by atoms with E-state index in [0.717, 1.165) is 0 Å². The Hall–Kier alpha value is -1.01. The summed E-state index contributed by atoms with van der Waals surface area (Å²) in [7, 11) is 0. The Morgan fingerprint density at radius 3 is 2.00 bits per heavy atom. The van der Waals surface area contributed by atoms with Crippen LogP contribution in [0.4, 0.5) is 5.69 Å². The van der Waals surface area contributed by atoms with Gasteiger partial charge in [-0.25, -0.2) is 0 Å². The molecular formula is C11H14Cl2N2O3. The zero-order chi connectivity index (χ0) is 13.7. The summed E-state index contributed by atoms with van der Waals surface area (Å²) in [6, 6.07) is 2.82. The van der Waals surface area contributed by atoms with E-state index in [1.807, 2.05) is 0 Å². The molecule has 0 radical (unpaired) electrons. The highest BCUT2D eigenvalue weighted by molar-refractivity contribution is 6.39. The van der Waals surface area contributed by atoms with Gasteiger partial charge >= 0.3 is 0 Å². The number of nitrogen functional groups attached to an aromatic ring is 1. The maximum absolute atomic E-state index is 12.1. The van der Waals surface area contributed by atoms with Crippen LogP contribution in [0.3, 0.4) is 0 Å². The van der Waals surface area contributed by atoms with Crippen molar-refractivity contribution in [3.63, 3.8) is 0 Å². The highest BCUT2D eigenvalue weighted by atomic mass is 35.5. The fraction of sp³-hybridized carbons (Fsp3) is 0.364. The zero-order valence-electron chi connectivity index (χ0n) is 9.57. The van der Waals surface area contributed by atoms with E-state index in [-0.39, 0.29) is 53.5 Å². The summed E-state index contributed by atoms with van der Waals surface area (Å²) in [5.41, 5.74) is 6.05. The fourth-order valence-corrected chi connectivity index (χ4v) is 1.93. The molecule has 0 bridgehead atoms. The molecule has 0 aliphatic rings. The van der Waals surface area contributed by atoms with Gasteiger partial charge in [0.15, 0.2) is 0 Å². The Labute approximate surface area is 115 Å². The van der Waals surface area contributed by atoms with Gasteiger partial charge in [0.1, 0.15) is 0 Å². The van der Waals surface area contributed by atoms with Crippen LogP contribution in [-0.2, 0) is 0 Å². The first kappa shape index (κ1) is 15.0. The van der Waals surface area contributed by atoms with Crippen LogP contribution >= 0.6 is 23.2 Å². The number of carbonyl (C=O) groups is 1. The second-order valence-corrected chi connectivity index (χ2v) is 4.41. The lowest BCUT2D eigenvalue weighted by Gasteiger charge is -2.21. The number of nitrogens with two attached hydrogens (primary N) is 1. The van der Waals surface area contributed by atoms with E-state index in [1.165, 1.54) is 17.0 Å². The minimum atomic E-state index is -0.373. The number of nitrogens with zero attached hydrogens (tertiary/aromatic N) is 1. The third kappa shape index (κ3) is 3.49. The molecule has 4 N–H and O–H groups in total. The van der Waals surface area contributed by atoms with Crippen molar-refractivity contribution < 1.29 is 15.0 Å². The van der Waals surface area contributed by atoms with E-state index in [2.05, 4.69) is 0 Å². The third-order valence-corrected chi connectivity index (χ3v) is 2.98. The van der Waals surface area contributed by atoms with Crippen molar-refractivity contribution in [3.8, 4) is 0 Å². The van der Waals surface area contributed by atoms with E-state index < -0.39 is 0 Å². The van der Waals surface area contributed by atoms with Crippen molar-refractivity contribution in [2.45, 2.75) is 0 Å². The van der Waals surface area contributed by atoms with Gasteiger partial charge in [-0.3, -0.25) is 4.79 Å². The van der Waals surface area contributed by atoms with Crippen LogP contribution < -0.4 is 5.73 Å². The lowest BCUT2D eigenvalue weighted by atomic mass is 10.1. The summed E-state index contributed by atoms with van der Waals surface area (Å²) in [4.78, 5) is 13.4. The van der Waals surface area contributed by atoms with Crippen molar-refractivity contribution in [3.05, 3.63) is 27.7 Å². The molecule has 7 heteroatoms. The highest BCUT2D eigenvalue weighted by Crippen LogP contribution is 2.29.